The first-order chi connectivity index (χ1) is 9.32. The summed E-state index contributed by atoms with van der Waals surface area (Å²) in [6.45, 7) is 8.74. The summed E-state index contributed by atoms with van der Waals surface area (Å²) in [5.74, 6) is 0.855. The summed E-state index contributed by atoms with van der Waals surface area (Å²) in [5.41, 5.74) is 8.86. The van der Waals surface area contributed by atoms with Crippen molar-refractivity contribution in [3.05, 3.63) is 51.2 Å². The summed E-state index contributed by atoms with van der Waals surface area (Å²) in [4.78, 5) is 2.54. The lowest BCUT2D eigenvalue weighted by Gasteiger charge is -2.17. The molecule has 0 saturated heterocycles. The molecule has 0 aliphatic rings. The van der Waals surface area contributed by atoms with Crippen molar-refractivity contribution in [1.82, 2.24) is 0 Å². The van der Waals surface area contributed by atoms with Crippen molar-refractivity contribution >= 4 is 11.3 Å². The highest BCUT2D eigenvalue weighted by Crippen LogP contribution is 2.36. The first-order valence-corrected chi connectivity index (χ1v) is 7.65. The summed E-state index contributed by atoms with van der Waals surface area (Å²) < 4.78 is 5.44. The van der Waals surface area contributed by atoms with Crippen LogP contribution >= 0.6 is 11.3 Å². The van der Waals surface area contributed by atoms with Crippen molar-refractivity contribution in [2.24, 2.45) is 5.73 Å². The van der Waals surface area contributed by atoms with Crippen molar-refractivity contribution in [2.45, 2.75) is 39.2 Å². The molecule has 1 heterocycles. The van der Waals surface area contributed by atoms with Crippen LogP contribution in [0, 0.1) is 6.92 Å². The van der Waals surface area contributed by atoms with E-state index in [-0.39, 0.29) is 11.5 Å². The molecular weight excluding hydrogens is 266 g/mol. The van der Waals surface area contributed by atoms with E-state index in [2.05, 4.69) is 45.9 Å². The second-order valence-electron chi connectivity index (χ2n) is 6.18. The van der Waals surface area contributed by atoms with E-state index in [0.29, 0.717) is 0 Å². The number of nitrogens with two attached hydrogens (primary N) is 1. The molecule has 0 spiro atoms. The third kappa shape index (κ3) is 3.05. The van der Waals surface area contributed by atoms with Crippen molar-refractivity contribution in [2.75, 3.05) is 7.11 Å². The van der Waals surface area contributed by atoms with E-state index in [1.54, 1.807) is 18.4 Å². The van der Waals surface area contributed by atoms with Gasteiger partial charge in [0, 0.05) is 15.3 Å². The maximum absolute atomic E-state index is 6.45. The third-order valence-corrected chi connectivity index (χ3v) is 4.99. The number of hydrogen-bond acceptors (Lipinski definition) is 3. The molecule has 1 aromatic heterocycles. The van der Waals surface area contributed by atoms with Crippen molar-refractivity contribution in [3.8, 4) is 5.75 Å². The zero-order valence-corrected chi connectivity index (χ0v) is 13.7. The van der Waals surface area contributed by atoms with E-state index in [0.717, 1.165) is 11.3 Å². The van der Waals surface area contributed by atoms with Gasteiger partial charge in [0.25, 0.3) is 0 Å². The molecule has 0 fully saturated rings. The predicted octanol–water partition coefficient (Wildman–Crippen LogP) is 4.41. The molecule has 0 radical (unpaired) electrons. The Labute approximate surface area is 125 Å². The van der Waals surface area contributed by atoms with Gasteiger partial charge in [-0.3, -0.25) is 0 Å². The third-order valence-electron chi connectivity index (χ3n) is 3.39. The van der Waals surface area contributed by atoms with Gasteiger partial charge in [0.1, 0.15) is 5.75 Å². The Balaban J connectivity index is 2.38. The average molecular weight is 289 g/mol. The minimum Gasteiger partial charge on any atom is -0.496 e. The van der Waals surface area contributed by atoms with Gasteiger partial charge in [-0.2, -0.15) is 0 Å². The topological polar surface area (TPSA) is 35.2 Å². The molecular formula is C17H23NOS. The Morgan fingerprint density at radius 1 is 1.15 bits per heavy atom. The van der Waals surface area contributed by atoms with Crippen LogP contribution in [0.15, 0.2) is 30.3 Å². The van der Waals surface area contributed by atoms with Crippen LogP contribution in [0.5, 0.6) is 5.75 Å². The molecule has 0 aliphatic carbocycles. The molecule has 20 heavy (non-hydrogen) atoms. The van der Waals surface area contributed by atoms with Crippen molar-refractivity contribution < 1.29 is 4.74 Å². The molecule has 0 saturated carbocycles. The van der Waals surface area contributed by atoms with Crippen molar-refractivity contribution in [3.63, 3.8) is 0 Å². The summed E-state index contributed by atoms with van der Waals surface area (Å²) >= 11 is 1.79. The van der Waals surface area contributed by atoms with E-state index in [1.807, 2.05) is 12.1 Å². The van der Waals surface area contributed by atoms with Crippen molar-refractivity contribution in [1.29, 1.82) is 0 Å². The number of hydrogen-bond donors (Lipinski definition) is 1. The standard InChI is InChI=1S/C17H23NOS/c1-11-6-7-13(19-5)12(10-11)16(18)14-8-9-15(20-14)17(2,3)4/h6-10,16H,18H2,1-5H3. The number of rotatable bonds is 3. The van der Waals surface area contributed by atoms with E-state index in [1.165, 1.54) is 15.3 Å². The number of thiophene rings is 1. The number of ether oxygens (including phenoxy) is 1. The molecule has 2 nitrogen and oxygen atoms in total. The predicted molar refractivity (Wildman–Crippen MR) is 86.8 cm³/mol. The largest absolute Gasteiger partial charge is 0.496 e. The Morgan fingerprint density at radius 3 is 2.40 bits per heavy atom. The van der Waals surface area contributed by atoms with Crippen LogP contribution in [0.4, 0.5) is 0 Å². The Bertz CT molecular complexity index is 595. The van der Waals surface area contributed by atoms with Gasteiger partial charge in [-0.15, -0.1) is 11.3 Å². The van der Waals surface area contributed by atoms with Crippen LogP contribution in [0.3, 0.4) is 0 Å². The van der Waals surface area contributed by atoms with Gasteiger partial charge in [-0.1, -0.05) is 38.5 Å². The van der Waals surface area contributed by atoms with Gasteiger partial charge >= 0.3 is 0 Å². The highest BCUT2D eigenvalue weighted by atomic mass is 32.1. The summed E-state index contributed by atoms with van der Waals surface area (Å²) in [7, 11) is 1.69. The number of methoxy groups -OCH3 is 1. The van der Waals surface area contributed by atoms with E-state index >= 15 is 0 Å². The minimum absolute atomic E-state index is 0.133. The fourth-order valence-corrected chi connectivity index (χ4v) is 3.26. The van der Waals surface area contributed by atoms with Crippen LogP contribution in [0.1, 0.15) is 47.7 Å². The first kappa shape index (κ1) is 15.1. The fourth-order valence-electron chi connectivity index (χ4n) is 2.17. The van der Waals surface area contributed by atoms with E-state index in [9.17, 15) is 0 Å². The van der Waals surface area contributed by atoms with Gasteiger partial charge in [0.05, 0.1) is 13.2 Å². The molecule has 108 valence electrons. The lowest BCUT2D eigenvalue weighted by atomic mass is 9.95. The lowest BCUT2D eigenvalue weighted by Crippen LogP contribution is -2.12. The number of benzene rings is 1. The molecule has 0 bridgehead atoms. The second-order valence-corrected chi connectivity index (χ2v) is 7.29. The zero-order chi connectivity index (χ0) is 14.9. The van der Waals surface area contributed by atoms with Crippen LogP contribution < -0.4 is 10.5 Å². The summed E-state index contributed by atoms with van der Waals surface area (Å²) in [5, 5.41) is 0. The molecule has 0 amide bonds. The molecule has 2 aromatic rings. The quantitative estimate of drug-likeness (QED) is 0.908. The SMILES string of the molecule is COc1ccc(C)cc1C(N)c1ccc(C(C)(C)C)s1. The number of aryl methyl sites for hydroxylation is 1. The molecule has 3 heteroatoms. The summed E-state index contributed by atoms with van der Waals surface area (Å²) in [6.07, 6.45) is 0. The van der Waals surface area contributed by atoms with Gasteiger partial charge in [0.15, 0.2) is 0 Å². The Kier molecular flexibility index (Phi) is 4.21. The molecule has 2 rings (SSSR count). The average Bonchev–Trinajstić information content (AvgIpc) is 2.87. The monoisotopic (exact) mass is 289 g/mol. The summed E-state index contributed by atoms with van der Waals surface area (Å²) in [6, 6.07) is 10.3. The van der Waals surface area contributed by atoms with Gasteiger partial charge in [-0.05, 0) is 30.5 Å². The maximum atomic E-state index is 6.45. The highest BCUT2D eigenvalue weighted by Gasteiger charge is 2.20. The van der Waals surface area contributed by atoms with E-state index < -0.39 is 0 Å². The van der Waals surface area contributed by atoms with Crippen LogP contribution in [-0.2, 0) is 5.41 Å². The first-order valence-electron chi connectivity index (χ1n) is 6.83. The second kappa shape index (κ2) is 5.58. The lowest BCUT2D eigenvalue weighted by molar-refractivity contribution is 0.408. The van der Waals surface area contributed by atoms with Crippen LogP contribution in [0.2, 0.25) is 0 Å². The van der Waals surface area contributed by atoms with Gasteiger partial charge in [0.2, 0.25) is 0 Å². The smallest absolute Gasteiger partial charge is 0.124 e. The fraction of sp³-hybridized carbons (Fsp3) is 0.412. The molecule has 0 aliphatic heterocycles. The molecule has 2 N–H and O–H groups in total. The van der Waals surface area contributed by atoms with Gasteiger partial charge < -0.3 is 10.5 Å². The molecule has 1 atom stereocenters. The zero-order valence-electron chi connectivity index (χ0n) is 12.9. The molecule has 1 aromatic carbocycles. The van der Waals surface area contributed by atoms with E-state index in [4.69, 9.17) is 10.5 Å². The van der Waals surface area contributed by atoms with Crippen LogP contribution in [0.25, 0.3) is 0 Å². The molecule has 1 unspecified atom stereocenters. The maximum Gasteiger partial charge on any atom is 0.124 e. The highest BCUT2D eigenvalue weighted by molar-refractivity contribution is 7.12. The normalized spacial score (nSPS) is 13.3. The van der Waals surface area contributed by atoms with Crippen LogP contribution in [-0.4, -0.2) is 7.11 Å². The minimum atomic E-state index is -0.133. The Morgan fingerprint density at radius 2 is 1.85 bits per heavy atom. The van der Waals surface area contributed by atoms with Gasteiger partial charge in [-0.25, -0.2) is 0 Å². The Hall–Kier alpha value is -1.32.